The fourth-order valence-corrected chi connectivity index (χ4v) is 3.02. The molecule has 6 heteroatoms. The van der Waals surface area contributed by atoms with Gasteiger partial charge >= 0.3 is 0 Å². The first-order valence-corrected chi connectivity index (χ1v) is 7.76. The largest absolute Gasteiger partial charge is 0.348 e. The van der Waals surface area contributed by atoms with E-state index in [1.165, 1.54) is 23.9 Å². The molecule has 0 atom stereocenters. The van der Waals surface area contributed by atoms with Crippen LogP contribution in [0.2, 0.25) is 0 Å². The highest BCUT2D eigenvalue weighted by atomic mass is 32.2. The van der Waals surface area contributed by atoms with Crippen LogP contribution in [0.15, 0.2) is 64.4 Å². The summed E-state index contributed by atoms with van der Waals surface area (Å²) in [6.07, 6.45) is 1.23. The van der Waals surface area contributed by atoms with Gasteiger partial charge in [0.2, 0.25) is 5.91 Å². The van der Waals surface area contributed by atoms with Crippen molar-refractivity contribution < 1.29 is 14.0 Å². The molecule has 0 saturated heterocycles. The number of halogens is 1. The predicted octanol–water partition coefficient (Wildman–Crippen LogP) is 3.07. The van der Waals surface area contributed by atoms with E-state index >= 15 is 0 Å². The topological polar surface area (TPSA) is 58.2 Å². The molecular weight excluding hydrogens is 315 g/mol. The average molecular weight is 328 g/mol. The maximum Gasteiger partial charge on any atom is 0.262 e. The van der Waals surface area contributed by atoms with Crippen LogP contribution in [-0.4, -0.2) is 11.8 Å². The highest BCUT2D eigenvalue weighted by Crippen LogP contribution is 2.37. The number of nitrogens with one attached hydrogen (secondary N) is 2. The SMILES string of the molecule is O=C(/C=C1/Sc2ccccc2NC1=O)NCc1ccccc1F. The molecule has 0 spiro atoms. The van der Waals surface area contributed by atoms with Crippen LogP contribution in [0, 0.1) is 5.82 Å². The minimum Gasteiger partial charge on any atom is -0.348 e. The van der Waals surface area contributed by atoms with E-state index in [4.69, 9.17) is 0 Å². The van der Waals surface area contributed by atoms with Crippen LogP contribution in [0.4, 0.5) is 10.1 Å². The summed E-state index contributed by atoms with van der Waals surface area (Å²) in [6, 6.07) is 13.6. The summed E-state index contributed by atoms with van der Waals surface area (Å²) in [5.41, 5.74) is 1.12. The lowest BCUT2D eigenvalue weighted by Gasteiger charge is -2.18. The Morgan fingerprint density at radius 3 is 2.74 bits per heavy atom. The number of benzene rings is 2. The summed E-state index contributed by atoms with van der Waals surface area (Å²) < 4.78 is 13.5. The molecule has 2 aromatic rings. The Hall–Kier alpha value is -2.60. The fraction of sp³-hybridized carbons (Fsp3) is 0.0588. The van der Waals surface area contributed by atoms with E-state index in [9.17, 15) is 14.0 Å². The van der Waals surface area contributed by atoms with E-state index in [0.29, 0.717) is 10.5 Å². The Labute approximate surface area is 136 Å². The molecule has 3 rings (SSSR count). The van der Waals surface area contributed by atoms with E-state index < -0.39 is 5.91 Å². The van der Waals surface area contributed by atoms with E-state index in [1.807, 2.05) is 18.2 Å². The van der Waals surface area contributed by atoms with Crippen LogP contribution < -0.4 is 10.6 Å². The summed E-state index contributed by atoms with van der Waals surface area (Å²) in [5, 5.41) is 5.31. The number of fused-ring (bicyclic) bond motifs is 1. The number of hydrogen-bond donors (Lipinski definition) is 2. The molecule has 2 N–H and O–H groups in total. The van der Waals surface area contributed by atoms with Gasteiger partial charge in [0.05, 0.1) is 10.6 Å². The van der Waals surface area contributed by atoms with E-state index in [-0.39, 0.29) is 18.3 Å². The van der Waals surface area contributed by atoms with E-state index in [2.05, 4.69) is 10.6 Å². The van der Waals surface area contributed by atoms with Crippen molar-refractivity contribution in [3.63, 3.8) is 0 Å². The zero-order valence-electron chi connectivity index (χ0n) is 12.0. The average Bonchev–Trinajstić information content (AvgIpc) is 2.55. The normalized spacial score (nSPS) is 15.0. The van der Waals surface area contributed by atoms with Gasteiger partial charge in [-0.25, -0.2) is 4.39 Å². The lowest BCUT2D eigenvalue weighted by molar-refractivity contribution is -0.117. The standard InChI is InChI=1S/C17H13FN2O2S/c18-12-6-2-1-5-11(12)10-19-16(21)9-15-17(22)20-13-7-3-4-8-14(13)23-15/h1-9H,10H2,(H,19,21)(H,20,22)/b15-9+. The number of carbonyl (C=O) groups is 2. The van der Waals surface area contributed by atoms with Gasteiger partial charge < -0.3 is 10.6 Å². The van der Waals surface area contributed by atoms with Crippen molar-refractivity contribution in [3.05, 3.63) is 70.9 Å². The molecule has 0 fully saturated rings. The molecule has 2 aromatic carbocycles. The first-order valence-electron chi connectivity index (χ1n) is 6.94. The number of amides is 2. The zero-order chi connectivity index (χ0) is 16.2. The maximum atomic E-state index is 13.5. The van der Waals surface area contributed by atoms with Crippen molar-refractivity contribution in [2.75, 3.05) is 5.32 Å². The molecule has 1 heterocycles. The quantitative estimate of drug-likeness (QED) is 0.852. The molecule has 4 nitrogen and oxygen atoms in total. The molecule has 0 saturated carbocycles. The van der Waals surface area contributed by atoms with Gasteiger partial charge in [-0.1, -0.05) is 42.1 Å². The van der Waals surface area contributed by atoms with Crippen molar-refractivity contribution in [1.82, 2.24) is 5.32 Å². The second kappa shape index (κ2) is 6.66. The third-order valence-corrected chi connectivity index (χ3v) is 4.35. The molecule has 0 unspecified atom stereocenters. The molecular formula is C17H13FN2O2S. The third-order valence-electron chi connectivity index (χ3n) is 3.25. The molecule has 0 bridgehead atoms. The summed E-state index contributed by atoms with van der Waals surface area (Å²) in [7, 11) is 0. The molecule has 0 radical (unpaired) electrons. The fourth-order valence-electron chi connectivity index (χ4n) is 2.10. The van der Waals surface area contributed by atoms with Crippen molar-refractivity contribution in [1.29, 1.82) is 0 Å². The molecule has 116 valence electrons. The van der Waals surface area contributed by atoms with Crippen LogP contribution in [0.3, 0.4) is 0 Å². The summed E-state index contributed by atoms with van der Waals surface area (Å²) in [4.78, 5) is 25.1. The first-order chi connectivity index (χ1) is 11.1. The van der Waals surface area contributed by atoms with Gasteiger partial charge in [-0.05, 0) is 18.2 Å². The van der Waals surface area contributed by atoms with E-state index in [0.717, 1.165) is 10.6 Å². The minimum atomic E-state index is -0.440. The summed E-state index contributed by atoms with van der Waals surface area (Å²) in [6.45, 7) is 0.0676. The van der Waals surface area contributed by atoms with Crippen LogP contribution in [0.1, 0.15) is 5.56 Å². The van der Waals surface area contributed by atoms with Crippen LogP contribution >= 0.6 is 11.8 Å². The van der Waals surface area contributed by atoms with Crippen molar-refractivity contribution in [2.24, 2.45) is 0 Å². The number of hydrogen-bond acceptors (Lipinski definition) is 3. The van der Waals surface area contributed by atoms with Gasteiger partial charge in [-0.3, -0.25) is 9.59 Å². The predicted molar refractivity (Wildman–Crippen MR) is 87.3 cm³/mol. The van der Waals surface area contributed by atoms with Crippen LogP contribution in [0.25, 0.3) is 0 Å². The van der Waals surface area contributed by atoms with Crippen molar-refractivity contribution in [2.45, 2.75) is 11.4 Å². The molecule has 0 aromatic heterocycles. The van der Waals surface area contributed by atoms with Crippen LogP contribution in [-0.2, 0) is 16.1 Å². The number of thioether (sulfide) groups is 1. The molecule has 1 aliphatic rings. The highest BCUT2D eigenvalue weighted by Gasteiger charge is 2.21. The van der Waals surface area contributed by atoms with E-state index in [1.54, 1.807) is 24.3 Å². The number of anilines is 1. The Bertz CT molecular complexity index is 805. The second-order valence-electron chi connectivity index (χ2n) is 4.87. The van der Waals surface area contributed by atoms with Crippen molar-refractivity contribution >= 4 is 29.3 Å². The van der Waals surface area contributed by atoms with Gasteiger partial charge in [0.1, 0.15) is 5.82 Å². The van der Waals surface area contributed by atoms with Gasteiger partial charge in [0.25, 0.3) is 5.91 Å². The Morgan fingerprint density at radius 2 is 1.91 bits per heavy atom. The lowest BCUT2D eigenvalue weighted by atomic mass is 10.2. The van der Waals surface area contributed by atoms with Gasteiger partial charge in [-0.2, -0.15) is 0 Å². The van der Waals surface area contributed by atoms with Gasteiger partial charge in [-0.15, -0.1) is 0 Å². The monoisotopic (exact) mass is 328 g/mol. The molecule has 2 amide bonds. The minimum absolute atomic E-state index is 0.0676. The third kappa shape index (κ3) is 3.60. The Kier molecular flexibility index (Phi) is 4.43. The smallest absolute Gasteiger partial charge is 0.262 e. The molecule has 0 aliphatic carbocycles. The summed E-state index contributed by atoms with van der Waals surface area (Å²) in [5.74, 6) is -1.14. The molecule has 1 aliphatic heterocycles. The molecule has 23 heavy (non-hydrogen) atoms. The van der Waals surface area contributed by atoms with Crippen LogP contribution in [0.5, 0.6) is 0 Å². The first kappa shape index (κ1) is 15.3. The Morgan fingerprint density at radius 1 is 1.17 bits per heavy atom. The maximum absolute atomic E-state index is 13.5. The summed E-state index contributed by atoms with van der Waals surface area (Å²) >= 11 is 1.23. The van der Waals surface area contributed by atoms with Gasteiger partial charge in [0, 0.05) is 23.1 Å². The number of carbonyl (C=O) groups excluding carboxylic acids is 2. The number of rotatable bonds is 3. The van der Waals surface area contributed by atoms with Gasteiger partial charge in [0.15, 0.2) is 0 Å². The highest BCUT2D eigenvalue weighted by molar-refractivity contribution is 8.04. The van der Waals surface area contributed by atoms with Crippen molar-refractivity contribution in [3.8, 4) is 0 Å². The zero-order valence-corrected chi connectivity index (χ0v) is 12.8. The lowest BCUT2D eigenvalue weighted by Crippen LogP contribution is -2.24. The Balaban J connectivity index is 1.68. The number of para-hydroxylation sites is 1. The second-order valence-corrected chi connectivity index (χ2v) is 5.95.